The molecule has 0 bridgehead atoms. The van der Waals surface area contributed by atoms with Crippen molar-refractivity contribution < 1.29 is 4.74 Å². The lowest BCUT2D eigenvalue weighted by Crippen LogP contribution is -2.03. The summed E-state index contributed by atoms with van der Waals surface area (Å²) >= 11 is 5.22. The van der Waals surface area contributed by atoms with E-state index in [1.165, 1.54) is 0 Å². The number of nitrogens with zero attached hydrogens (tertiary/aromatic N) is 1. The van der Waals surface area contributed by atoms with Gasteiger partial charge in [-0.1, -0.05) is 44.3 Å². The van der Waals surface area contributed by atoms with Gasteiger partial charge in [0.1, 0.15) is 16.2 Å². The molecule has 0 fully saturated rings. The van der Waals surface area contributed by atoms with Crippen LogP contribution in [0.2, 0.25) is 0 Å². The molecule has 0 unspecified atom stereocenters. The van der Waals surface area contributed by atoms with Gasteiger partial charge in [-0.3, -0.25) is 0 Å². The van der Waals surface area contributed by atoms with E-state index in [1.807, 2.05) is 30.3 Å². The minimum absolute atomic E-state index is 0.404. The largest absolute Gasteiger partial charge is 0.496 e. The first kappa shape index (κ1) is 13.7. The summed E-state index contributed by atoms with van der Waals surface area (Å²) in [5.74, 6) is 2.15. The summed E-state index contributed by atoms with van der Waals surface area (Å²) in [5.41, 5.74) is 2.22. The first-order chi connectivity index (χ1) is 9.10. The molecule has 0 aliphatic rings. The van der Waals surface area contributed by atoms with E-state index in [9.17, 15) is 0 Å². The number of hydrogen-bond donors (Lipinski definition) is 1. The van der Waals surface area contributed by atoms with Crippen LogP contribution in [0, 0.1) is 4.64 Å². The van der Waals surface area contributed by atoms with E-state index < -0.39 is 0 Å². The van der Waals surface area contributed by atoms with Gasteiger partial charge in [-0.2, -0.15) is 0 Å². The topological polar surface area (TPSA) is 37.9 Å². The summed E-state index contributed by atoms with van der Waals surface area (Å²) < 4.78 is 5.99. The van der Waals surface area contributed by atoms with E-state index in [0.717, 1.165) is 22.8 Å². The zero-order chi connectivity index (χ0) is 13.8. The Bertz CT molecular complexity index is 620. The first-order valence-corrected chi connectivity index (χ1v) is 6.73. The molecule has 4 heteroatoms. The van der Waals surface area contributed by atoms with Crippen LogP contribution in [0.15, 0.2) is 30.3 Å². The Kier molecular flexibility index (Phi) is 4.32. The van der Waals surface area contributed by atoms with Crippen LogP contribution in [-0.2, 0) is 6.42 Å². The number of hydrogen-bond acceptors (Lipinski definition) is 3. The van der Waals surface area contributed by atoms with Gasteiger partial charge in [-0.25, -0.2) is 4.98 Å². The van der Waals surface area contributed by atoms with Crippen LogP contribution in [0.25, 0.3) is 0 Å². The van der Waals surface area contributed by atoms with Crippen LogP contribution in [-0.4, -0.2) is 17.1 Å². The molecule has 1 aromatic carbocycles. The van der Waals surface area contributed by atoms with Gasteiger partial charge in [0, 0.05) is 17.7 Å². The quantitative estimate of drug-likeness (QED) is 0.860. The summed E-state index contributed by atoms with van der Waals surface area (Å²) in [7, 11) is 1.68. The number of ether oxygens (including phenoxy) is 1. The van der Waals surface area contributed by atoms with Gasteiger partial charge in [0.25, 0.3) is 0 Å². The van der Waals surface area contributed by atoms with Crippen LogP contribution in [0.3, 0.4) is 0 Å². The molecule has 100 valence electrons. The van der Waals surface area contributed by atoms with E-state index >= 15 is 0 Å². The molecule has 1 N–H and O–H groups in total. The molecule has 1 aromatic heterocycles. The number of rotatable bonds is 4. The van der Waals surface area contributed by atoms with Crippen molar-refractivity contribution in [2.45, 2.75) is 26.2 Å². The number of para-hydroxylation sites is 1. The molecule has 0 radical (unpaired) electrons. The fraction of sp³-hybridized carbons (Fsp3) is 0.333. The number of H-pyrrole nitrogens is 1. The predicted octanol–water partition coefficient (Wildman–Crippen LogP) is 3.86. The van der Waals surface area contributed by atoms with Crippen molar-refractivity contribution in [1.29, 1.82) is 0 Å². The molecule has 0 aliphatic heterocycles. The van der Waals surface area contributed by atoms with E-state index in [0.29, 0.717) is 17.0 Å². The number of nitrogens with one attached hydrogen (secondary N) is 1. The first-order valence-electron chi connectivity index (χ1n) is 6.32. The number of benzene rings is 1. The smallest absolute Gasteiger partial charge is 0.130 e. The van der Waals surface area contributed by atoms with Crippen LogP contribution < -0.4 is 4.74 Å². The molecular weight excluding hydrogens is 256 g/mol. The Hall–Kier alpha value is -1.68. The molecule has 1 heterocycles. The second-order valence-electron chi connectivity index (χ2n) is 4.76. The molecule has 0 spiro atoms. The molecule has 0 saturated heterocycles. The SMILES string of the molecule is COc1ccccc1Cc1nc(=S)cc(C(C)C)[nH]1. The van der Waals surface area contributed by atoms with Crippen LogP contribution in [0.5, 0.6) is 5.75 Å². The lowest BCUT2D eigenvalue weighted by atomic mass is 10.1. The highest BCUT2D eigenvalue weighted by Crippen LogP contribution is 2.20. The zero-order valence-electron chi connectivity index (χ0n) is 11.4. The third kappa shape index (κ3) is 3.41. The summed E-state index contributed by atoms with van der Waals surface area (Å²) in [6.45, 7) is 4.26. The highest BCUT2D eigenvalue weighted by Gasteiger charge is 2.07. The summed E-state index contributed by atoms with van der Waals surface area (Å²) in [6, 6.07) is 9.88. The molecule has 0 aliphatic carbocycles. The van der Waals surface area contributed by atoms with Gasteiger partial charge in [-0.05, 0) is 18.1 Å². The second-order valence-corrected chi connectivity index (χ2v) is 5.18. The Morgan fingerprint density at radius 2 is 2.05 bits per heavy atom. The van der Waals surface area contributed by atoms with Crippen molar-refractivity contribution in [3.05, 3.63) is 52.1 Å². The standard InChI is InChI=1S/C15H18N2OS/c1-10(2)12-9-15(19)17-14(16-12)8-11-6-4-5-7-13(11)18-3/h4-7,9-10H,8H2,1-3H3,(H,16,17,19). The van der Waals surface area contributed by atoms with Crippen molar-refractivity contribution in [1.82, 2.24) is 9.97 Å². The fourth-order valence-corrected chi connectivity index (χ4v) is 2.19. The zero-order valence-corrected chi connectivity index (χ0v) is 12.3. The highest BCUT2D eigenvalue weighted by molar-refractivity contribution is 7.71. The van der Waals surface area contributed by atoms with Gasteiger partial charge in [-0.15, -0.1) is 0 Å². The number of aromatic amines is 1. The molecular formula is C15H18N2OS. The summed E-state index contributed by atoms with van der Waals surface area (Å²) in [4.78, 5) is 7.74. The van der Waals surface area contributed by atoms with Crippen LogP contribution in [0.4, 0.5) is 0 Å². The second kappa shape index (κ2) is 5.97. The van der Waals surface area contributed by atoms with Crippen LogP contribution >= 0.6 is 12.2 Å². The Balaban J connectivity index is 2.35. The van der Waals surface area contributed by atoms with E-state index in [1.54, 1.807) is 7.11 Å². The van der Waals surface area contributed by atoms with E-state index in [2.05, 4.69) is 23.8 Å². The average Bonchev–Trinajstić information content (AvgIpc) is 2.38. The van der Waals surface area contributed by atoms with E-state index in [4.69, 9.17) is 17.0 Å². The third-order valence-electron chi connectivity index (χ3n) is 2.99. The molecule has 2 aromatic rings. The average molecular weight is 274 g/mol. The third-order valence-corrected chi connectivity index (χ3v) is 3.19. The van der Waals surface area contributed by atoms with E-state index in [-0.39, 0.29) is 0 Å². The fourth-order valence-electron chi connectivity index (χ4n) is 1.95. The Labute approximate surface area is 118 Å². The molecule has 0 amide bonds. The summed E-state index contributed by atoms with van der Waals surface area (Å²) in [5, 5.41) is 0. The Morgan fingerprint density at radius 3 is 2.74 bits per heavy atom. The molecule has 0 saturated carbocycles. The molecule has 3 nitrogen and oxygen atoms in total. The maximum absolute atomic E-state index is 5.36. The van der Waals surface area contributed by atoms with Gasteiger partial charge in [0.15, 0.2) is 0 Å². The van der Waals surface area contributed by atoms with Gasteiger partial charge in [0.2, 0.25) is 0 Å². The molecule has 0 atom stereocenters. The van der Waals surface area contributed by atoms with Crippen molar-refractivity contribution in [2.75, 3.05) is 7.11 Å². The maximum Gasteiger partial charge on any atom is 0.130 e. The Morgan fingerprint density at radius 1 is 1.32 bits per heavy atom. The lowest BCUT2D eigenvalue weighted by Gasteiger charge is -2.10. The number of aromatic nitrogens is 2. The van der Waals surface area contributed by atoms with Crippen LogP contribution in [0.1, 0.15) is 36.8 Å². The lowest BCUT2D eigenvalue weighted by molar-refractivity contribution is 0.410. The van der Waals surface area contributed by atoms with Crippen molar-refractivity contribution in [3.8, 4) is 5.75 Å². The minimum atomic E-state index is 0.404. The summed E-state index contributed by atoms with van der Waals surface area (Å²) in [6.07, 6.45) is 0.689. The number of methoxy groups -OCH3 is 1. The monoisotopic (exact) mass is 274 g/mol. The van der Waals surface area contributed by atoms with Crippen molar-refractivity contribution in [2.24, 2.45) is 0 Å². The predicted molar refractivity (Wildman–Crippen MR) is 79.3 cm³/mol. The van der Waals surface area contributed by atoms with Gasteiger partial charge >= 0.3 is 0 Å². The maximum atomic E-state index is 5.36. The van der Waals surface area contributed by atoms with Crippen molar-refractivity contribution >= 4 is 12.2 Å². The van der Waals surface area contributed by atoms with Gasteiger partial charge < -0.3 is 9.72 Å². The highest BCUT2D eigenvalue weighted by atomic mass is 32.1. The minimum Gasteiger partial charge on any atom is -0.496 e. The van der Waals surface area contributed by atoms with Gasteiger partial charge in [0.05, 0.1) is 7.11 Å². The normalized spacial score (nSPS) is 10.7. The molecule has 19 heavy (non-hydrogen) atoms. The van der Waals surface area contributed by atoms with Crippen molar-refractivity contribution in [3.63, 3.8) is 0 Å². The molecule has 2 rings (SSSR count).